The maximum absolute atomic E-state index is 2.43. The normalized spacial score (nSPS) is 11.7. The van der Waals surface area contributed by atoms with Crippen molar-refractivity contribution < 1.29 is 0 Å². The first-order valence-corrected chi connectivity index (χ1v) is 19.3. The summed E-state index contributed by atoms with van der Waals surface area (Å²) in [5, 5.41) is 12.7. The standard InChI is InChI=1S/C52H33NS/c1-3-19-41-36(13-1)31-49(45-23-7-5-21-43(41)45)34-15-11-17-38(29-34)53(40-27-28-48-47-25-9-10-26-51(47)54-52(48)33-40)39-18-12-16-35(30-39)50-32-37-14-2-4-20-42(37)44-22-6-8-24-46(44)50/h1-33H. The van der Waals surface area contributed by atoms with Gasteiger partial charge >= 0.3 is 0 Å². The van der Waals surface area contributed by atoms with Crippen LogP contribution in [0.15, 0.2) is 200 Å². The van der Waals surface area contributed by atoms with E-state index in [-0.39, 0.29) is 0 Å². The van der Waals surface area contributed by atoms with Crippen molar-refractivity contribution in [1.82, 2.24) is 0 Å². The Kier molecular flexibility index (Phi) is 7.11. The highest BCUT2D eigenvalue weighted by Gasteiger charge is 2.18. The Morgan fingerprint density at radius 2 is 0.722 bits per heavy atom. The Labute approximate surface area is 317 Å². The number of anilines is 3. The number of fused-ring (bicyclic) bond motifs is 9. The number of nitrogens with zero attached hydrogens (tertiary/aromatic N) is 1. The third-order valence-corrected chi connectivity index (χ3v) is 12.1. The molecule has 0 radical (unpaired) electrons. The van der Waals surface area contributed by atoms with Crippen molar-refractivity contribution in [3.05, 3.63) is 200 Å². The van der Waals surface area contributed by atoms with Crippen molar-refractivity contribution in [2.24, 2.45) is 0 Å². The second-order valence-corrected chi connectivity index (χ2v) is 15.2. The van der Waals surface area contributed by atoms with Crippen LogP contribution >= 0.6 is 11.3 Å². The predicted octanol–water partition coefficient (Wildman–Crippen LogP) is 15.5. The molecule has 252 valence electrons. The topological polar surface area (TPSA) is 3.24 Å². The van der Waals surface area contributed by atoms with Gasteiger partial charge in [0.15, 0.2) is 0 Å². The van der Waals surface area contributed by atoms with Gasteiger partial charge in [0.25, 0.3) is 0 Å². The second kappa shape index (κ2) is 12.4. The van der Waals surface area contributed by atoms with Crippen LogP contribution in [0.1, 0.15) is 0 Å². The maximum Gasteiger partial charge on any atom is 0.0476 e. The SMILES string of the molecule is c1cc(-c2cc3ccccc3c3ccccc23)cc(N(c2cccc(-c3cc4ccccc4c4ccccc34)c2)c2ccc3c(c2)sc2ccccc23)c1. The zero-order chi connectivity index (χ0) is 35.6. The van der Waals surface area contributed by atoms with E-state index < -0.39 is 0 Å². The van der Waals surface area contributed by atoms with Crippen LogP contribution in [0.3, 0.4) is 0 Å². The Bertz CT molecular complexity index is 3080. The average molecular weight is 704 g/mol. The Balaban J connectivity index is 1.13. The first kappa shape index (κ1) is 30.8. The minimum Gasteiger partial charge on any atom is -0.310 e. The lowest BCUT2D eigenvalue weighted by atomic mass is 9.92. The second-order valence-electron chi connectivity index (χ2n) is 14.1. The molecule has 0 aliphatic rings. The molecule has 0 bridgehead atoms. The number of hydrogen-bond donors (Lipinski definition) is 0. The van der Waals surface area contributed by atoms with E-state index in [1.807, 2.05) is 11.3 Å². The van der Waals surface area contributed by atoms with Gasteiger partial charge in [-0.25, -0.2) is 0 Å². The molecule has 2 heteroatoms. The van der Waals surface area contributed by atoms with Gasteiger partial charge in [0.1, 0.15) is 0 Å². The highest BCUT2D eigenvalue weighted by molar-refractivity contribution is 7.25. The van der Waals surface area contributed by atoms with Gasteiger partial charge in [0, 0.05) is 37.2 Å². The fourth-order valence-corrected chi connectivity index (χ4v) is 9.65. The molecule has 11 rings (SSSR count). The van der Waals surface area contributed by atoms with Gasteiger partial charge in [-0.05, 0) is 120 Å². The van der Waals surface area contributed by atoms with Crippen LogP contribution in [-0.4, -0.2) is 0 Å². The molecule has 11 aromatic rings. The molecular formula is C52H33NS. The van der Waals surface area contributed by atoms with Crippen molar-refractivity contribution in [3.8, 4) is 22.3 Å². The first-order chi connectivity index (χ1) is 26.8. The molecule has 1 aromatic heterocycles. The Hall–Kier alpha value is -6.74. The predicted molar refractivity (Wildman–Crippen MR) is 235 cm³/mol. The Morgan fingerprint density at radius 1 is 0.278 bits per heavy atom. The van der Waals surface area contributed by atoms with E-state index in [1.54, 1.807) is 0 Å². The van der Waals surface area contributed by atoms with E-state index >= 15 is 0 Å². The zero-order valence-corrected chi connectivity index (χ0v) is 30.2. The number of benzene rings is 10. The van der Waals surface area contributed by atoms with E-state index in [2.05, 4.69) is 205 Å². The van der Waals surface area contributed by atoms with Crippen molar-refractivity contribution in [1.29, 1.82) is 0 Å². The highest BCUT2D eigenvalue weighted by Crippen LogP contribution is 2.44. The van der Waals surface area contributed by atoms with Crippen LogP contribution in [0.25, 0.3) is 85.5 Å². The minimum absolute atomic E-state index is 1.12. The van der Waals surface area contributed by atoms with E-state index in [4.69, 9.17) is 0 Å². The van der Waals surface area contributed by atoms with Crippen molar-refractivity contribution in [2.75, 3.05) is 4.90 Å². The summed E-state index contributed by atoms with van der Waals surface area (Å²) in [6.07, 6.45) is 0. The molecule has 0 unspecified atom stereocenters. The lowest BCUT2D eigenvalue weighted by molar-refractivity contribution is 1.29. The van der Waals surface area contributed by atoms with Gasteiger partial charge in [-0.3, -0.25) is 0 Å². The van der Waals surface area contributed by atoms with E-state index in [0.717, 1.165) is 17.1 Å². The van der Waals surface area contributed by atoms with Gasteiger partial charge in [0.05, 0.1) is 0 Å². The van der Waals surface area contributed by atoms with Crippen LogP contribution in [-0.2, 0) is 0 Å². The van der Waals surface area contributed by atoms with E-state index in [0.29, 0.717) is 0 Å². The molecule has 0 spiro atoms. The maximum atomic E-state index is 2.43. The monoisotopic (exact) mass is 703 g/mol. The molecule has 0 aliphatic heterocycles. The number of hydrogen-bond acceptors (Lipinski definition) is 2. The molecule has 0 fully saturated rings. The summed E-state index contributed by atoms with van der Waals surface area (Å²) < 4.78 is 2.60. The smallest absolute Gasteiger partial charge is 0.0476 e. The summed E-state index contributed by atoms with van der Waals surface area (Å²) in [4.78, 5) is 2.43. The van der Waals surface area contributed by atoms with Crippen LogP contribution in [0.5, 0.6) is 0 Å². The zero-order valence-electron chi connectivity index (χ0n) is 29.4. The van der Waals surface area contributed by atoms with Gasteiger partial charge < -0.3 is 4.90 Å². The lowest BCUT2D eigenvalue weighted by Gasteiger charge is -2.27. The fourth-order valence-electron chi connectivity index (χ4n) is 8.51. The van der Waals surface area contributed by atoms with Gasteiger partial charge in [-0.15, -0.1) is 11.3 Å². The molecule has 0 saturated heterocycles. The van der Waals surface area contributed by atoms with Crippen LogP contribution < -0.4 is 4.90 Å². The average Bonchev–Trinajstić information content (AvgIpc) is 3.61. The highest BCUT2D eigenvalue weighted by atomic mass is 32.1. The van der Waals surface area contributed by atoms with Crippen LogP contribution in [0, 0.1) is 0 Å². The largest absolute Gasteiger partial charge is 0.310 e. The summed E-state index contributed by atoms with van der Waals surface area (Å²) in [5.41, 5.74) is 8.23. The third kappa shape index (κ3) is 4.99. The van der Waals surface area contributed by atoms with E-state index in [9.17, 15) is 0 Å². The summed E-state index contributed by atoms with van der Waals surface area (Å²) in [6.45, 7) is 0. The quantitative estimate of drug-likeness (QED) is 0.161. The molecular weight excluding hydrogens is 671 g/mol. The lowest BCUT2D eigenvalue weighted by Crippen LogP contribution is -2.10. The van der Waals surface area contributed by atoms with Crippen LogP contribution in [0.4, 0.5) is 17.1 Å². The van der Waals surface area contributed by atoms with Gasteiger partial charge in [0.2, 0.25) is 0 Å². The third-order valence-electron chi connectivity index (χ3n) is 11.0. The molecule has 0 atom stereocenters. The summed E-state index contributed by atoms with van der Waals surface area (Å²) in [5.74, 6) is 0. The molecule has 0 N–H and O–H groups in total. The molecule has 10 aromatic carbocycles. The molecule has 0 saturated carbocycles. The molecule has 1 nitrogen and oxygen atoms in total. The molecule has 0 aliphatic carbocycles. The van der Waals surface area contributed by atoms with Crippen molar-refractivity contribution in [2.45, 2.75) is 0 Å². The van der Waals surface area contributed by atoms with Gasteiger partial charge in [-0.1, -0.05) is 146 Å². The Morgan fingerprint density at radius 3 is 1.30 bits per heavy atom. The van der Waals surface area contributed by atoms with Crippen LogP contribution in [0.2, 0.25) is 0 Å². The van der Waals surface area contributed by atoms with Crippen molar-refractivity contribution >= 4 is 91.7 Å². The first-order valence-electron chi connectivity index (χ1n) is 18.5. The number of rotatable bonds is 5. The summed E-state index contributed by atoms with van der Waals surface area (Å²) >= 11 is 1.86. The van der Waals surface area contributed by atoms with Gasteiger partial charge in [-0.2, -0.15) is 0 Å². The molecule has 1 heterocycles. The van der Waals surface area contributed by atoms with E-state index in [1.165, 1.54) is 85.5 Å². The van der Waals surface area contributed by atoms with Crippen molar-refractivity contribution in [3.63, 3.8) is 0 Å². The summed E-state index contributed by atoms with van der Waals surface area (Å²) in [6, 6.07) is 73.6. The molecule has 54 heavy (non-hydrogen) atoms. The fraction of sp³-hybridized carbons (Fsp3) is 0. The minimum atomic E-state index is 1.12. The molecule has 0 amide bonds. The summed E-state index contributed by atoms with van der Waals surface area (Å²) in [7, 11) is 0. The number of thiophene rings is 1.